The average molecular weight is 382 g/mol. The molecule has 5 heterocycles. The number of aryl methyl sites for hydroxylation is 2. The molecule has 0 aliphatic rings. The third-order valence-electron chi connectivity index (χ3n) is 5.43. The van der Waals surface area contributed by atoms with Crippen molar-refractivity contribution in [3.8, 4) is 22.3 Å². The zero-order chi connectivity index (χ0) is 20.1. The summed E-state index contributed by atoms with van der Waals surface area (Å²) in [4.78, 5) is 21.4. The zero-order valence-corrected chi connectivity index (χ0v) is 16.9. The topological polar surface area (TPSA) is 72.3 Å². The van der Waals surface area contributed by atoms with Crippen LogP contribution in [-0.2, 0) is 0 Å². The van der Waals surface area contributed by atoms with Gasteiger partial charge in [0.1, 0.15) is 11.5 Å². The molecule has 0 unspecified atom stereocenters. The molecule has 5 aromatic heterocycles. The Hall–Kier alpha value is -3.54. The van der Waals surface area contributed by atoms with Gasteiger partial charge in [-0.1, -0.05) is 0 Å². The van der Waals surface area contributed by atoms with Crippen LogP contribution in [-0.4, -0.2) is 29.5 Å². The molecule has 144 valence electrons. The van der Waals surface area contributed by atoms with Gasteiger partial charge < -0.3 is 9.55 Å². The van der Waals surface area contributed by atoms with E-state index in [1.165, 1.54) is 5.56 Å². The molecule has 29 heavy (non-hydrogen) atoms. The van der Waals surface area contributed by atoms with E-state index in [-0.39, 0.29) is 0 Å². The fourth-order valence-corrected chi connectivity index (χ4v) is 4.05. The van der Waals surface area contributed by atoms with E-state index >= 15 is 0 Å². The van der Waals surface area contributed by atoms with Crippen LogP contribution < -0.4 is 0 Å². The minimum absolute atomic E-state index is 0.321. The highest BCUT2D eigenvalue weighted by Crippen LogP contribution is 2.33. The van der Waals surface area contributed by atoms with Gasteiger partial charge in [0.2, 0.25) is 0 Å². The Morgan fingerprint density at radius 1 is 0.966 bits per heavy atom. The fraction of sp³-hybridized carbons (Fsp3) is 0.217. The van der Waals surface area contributed by atoms with Crippen molar-refractivity contribution in [1.82, 2.24) is 29.5 Å². The van der Waals surface area contributed by atoms with E-state index in [2.05, 4.69) is 62.4 Å². The smallest absolute Gasteiger partial charge is 0.177 e. The first kappa shape index (κ1) is 17.6. The lowest BCUT2D eigenvalue weighted by atomic mass is 10.0. The number of nitrogens with zero attached hydrogens (tertiary/aromatic N) is 5. The number of aromatic nitrogens is 6. The molecule has 0 atom stereocenters. The van der Waals surface area contributed by atoms with Gasteiger partial charge in [0.05, 0.1) is 5.52 Å². The monoisotopic (exact) mass is 382 g/mol. The lowest BCUT2D eigenvalue weighted by molar-refractivity contribution is 0.600. The van der Waals surface area contributed by atoms with Gasteiger partial charge in [-0.05, 0) is 51.5 Å². The largest absolute Gasteiger partial charge is 0.346 e. The van der Waals surface area contributed by atoms with Crippen LogP contribution in [0.5, 0.6) is 0 Å². The van der Waals surface area contributed by atoms with E-state index in [9.17, 15) is 0 Å². The van der Waals surface area contributed by atoms with Crippen LogP contribution in [0.25, 0.3) is 44.5 Å². The average Bonchev–Trinajstić information content (AvgIpc) is 3.27. The summed E-state index contributed by atoms with van der Waals surface area (Å²) in [6, 6.07) is 6.69. The number of hydrogen-bond acceptors (Lipinski definition) is 4. The summed E-state index contributed by atoms with van der Waals surface area (Å²) in [6.07, 6.45) is 9.49. The maximum Gasteiger partial charge on any atom is 0.177 e. The number of hydrogen-bond donors (Lipinski definition) is 1. The summed E-state index contributed by atoms with van der Waals surface area (Å²) >= 11 is 0. The highest BCUT2D eigenvalue weighted by molar-refractivity contribution is 5.97. The van der Waals surface area contributed by atoms with E-state index in [0.717, 1.165) is 50.3 Å². The van der Waals surface area contributed by atoms with Crippen LogP contribution in [0.1, 0.15) is 31.3 Å². The Balaban J connectivity index is 1.70. The Morgan fingerprint density at radius 2 is 1.76 bits per heavy atom. The van der Waals surface area contributed by atoms with E-state index in [1.807, 2.05) is 44.0 Å². The van der Waals surface area contributed by atoms with E-state index < -0.39 is 0 Å². The maximum atomic E-state index is 4.64. The van der Waals surface area contributed by atoms with Crippen molar-refractivity contribution in [3.05, 3.63) is 60.6 Å². The normalized spacial score (nSPS) is 11.8. The number of rotatable bonds is 3. The number of imidazole rings is 1. The molecule has 1 N–H and O–H groups in total. The highest BCUT2D eigenvalue weighted by atomic mass is 15.1. The standard InChI is InChI=1S/C23H22N6/c1-13(2)29-15(4)28-23-21(29)8-17(10-26-23)20-12-27-22-18(20)7-16(9-25-22)19-11-24-6-5-14(19)3/h5-13H,1-4H3,(H,25,27). The fourth-order valence-electron chi connectivity index (χ4n) is 4.05. The van der Waals surface area contributed by atoms with Gasteiger partial charge in [0.15, 0.2) is 5.65 Å². The van der Waals surface area contributed by atoms with Crippen molar-refractivity contribution in [2.75, 3.05) is 0 Å². The van der Waals surface area contributed by atoms with E-state index in [1.54, 1.807) is 0 Å². The zero-order valence-electron chi connectivity index (χ0n) is 16.9. The van der Waals surface area contributed by atoms with Crippen molar-refractivity contribution in [3.63, 3.8) is 0 Å². The van der Waals surface area contributed by atoms with Crippen molar-refractivity contribution >= 4 is 22.2 Å². The summed E-state index contributed by atoms with van der Waals surface area (Å²) in [6.45, 7) is 8.45. The first-order valence-corrected chi connectivity index (χ1v) is 9.76. The molecule has 0 aliphatic heterocycles. The van der Waals surface area contributed by atoms with Crippen molar-refractivity contribution < 1.29 is 0 Å². The highest BCUT2D eigenvalue weighted by Gasteiger charge is 2.15. The van der Waals surface area contributed by atoms with Crippen LogP contribution in [0.2, 0.25) is 0 Å². The van der Waals surface area contributed by atoms with E-state index in [0.29, 0.717) is 6.04 Å². The second-order valence-corrected chi connectivity index (χ2v) is 7.70. The van der Waals surface area contributed by atoms with Crippen LogP contribution in [0.4, 0.5) is 0 Å². The lowest BCUT2D eigenvalue weighted by Gasteiger charge is -2.11. The van der Waals surface area contributed by atoms with Crippen molar-refractivity contribution in [2.45, 2.75) is 33.7 Å². The Kier molecular flexibility index (Phi) is 3.94. The first-order valence-electron chi connectivity index (χ1n) is 9.76. The van der Waals surface area contributed by atoms with Crippen LogP contribution in [0, 0.1) is 13.8 Å². The van der Waals surface area contributed by atoms with Crippen LogP contribution in [0.15, 0.2) is 49.2 Å². The molecular weight excluding hydrogens is 360 g/mol. The molecule has 0 aromatic carbocycles. The second kappa shape index (κ2) is 6.51. The van der Waals surface area contributed by atoms with Gasteiger partial charge in [0.25, 0.3) is 0 Å². The SMILES string of the molecule is Cc1ccncc1-c1cnc2[nH]cc(-c3cnc4nc(C)n(C(C)C)c4c3)c2c1. The molecule has 0 saturated heterocycles. The van der Waals surface area contributed by atoms with Crippen molar-refractivity contribution in [2.24, 2.45) is 0 Å². The second-order valence-electron chi connectivity index (χ2n) is 7.70. The molecular formula is C23H22N6. The molecule has 0 aliphatic carbocycles. The van der Waals surface area contributed by atoms with Gasteiger partial charge in [-0.15, -0.1) is 0 Å². The third-order valence-corrected chi connectivity index (χ3v) is 5.43. The summed E-state index contributed by atoms with van der Waals surface area (Å²) in [5.41, 5.74) is 8.15. The molecule has 5 aromatic rings. The third kappa shape index (κ3) is 2.79. The minimum atomic E-state index is 0.321. The summed E-state index contributed by atoms with van der Waals surface area (Å²) < 4.78 is 2.23. The molecule has 0 bridgehead atoms. The Morgan fingerprint density at radius 3 is 2.55 bits per heavy atom. The van der Waals surface area contributed by atoms with Gasteiger partial charge >= 0.3 is 0 Å². The van der Waals surface area contributed by atoms with Gasteiger partial charge in [-0.25, -0.2) is 15.0 Å². The van der Waals surface area contributed by atoms with Gasteiger partial charge in [0, 0.05) is 64.7 Å². The molecule has 0 radical (unpaired) electrons. The number of H-pyrrole nitrogens is 1. The van der Waals surface area contributed by atoms with Gasteiger partial charge in [-0.2, -0.15) is 0 Å². The summed E-state index contributed by atoms with van der Waals surface area (Å²) in [5, 5.41) is 1.07. The quantitative estimate of drug-likeness (QED) is 0.463. The Labute approximate surface area is 168 Å². The number of pyridine rings is 3. The predicted molar refractivity (Wildman–Crippen MR) is 116 cm³/mol. The van der Waals surface area contributed by atoms with Gasteiger partial charge in [-0.3, -0.25) is 4.98 Å². The lowest BCUT2D eigenvalue weighted by Crippen LogP contribution is -2.02. The predicted octanol–water partition coefficient (Wildman–Crippen LogP) is 5.23. The number of aromatic amines is 1. The summed E-state index contributed by atoms with van der Waals surface area (Å²) in [7, 11) is 0. The maximum absolute atomic E-state index is 4.64. The molecule has 0 spiro atoms. The molecule has 6 heteroatoms. The van der Waals surface area contributed by atoms with E-state index in [4.69, 9.17) is 0 Å². The number of fused-ring (bicyclic) bond motifs is 2. The summed E-state index contributed by atoms with van der Waals surface area (Å²) in [5.74, 6) is 0.981. The van der Waals surface area contributed by atoms with Crippen LogP contribution in [0.3, 0.4) is 0 Å². The van der Waals surface area contributed by atoms with Crippen molar-refractivity contribution in [1.29, 1.82) is 0 Å². The minimum Gasteiger partial charge on any atom is -0.346 e. The molecule has 0 amide bonds. The molecule has 0 fully saturated rings. The molecule has 5 rings (SSSR count). The molecule has 0 saturated carbocycles. The Bertz CT molecular complexity index is 1360. The number of nitrogens with one attached hydrogen (secondary N) is 1. The first-order chi connectivity index (χ1) is 14.0. The molecule has 6 nitrogen and oxygen atoms in total. The van der Waals surface area contributed by atoms with Crippen LogP contribution >= 0.6 is 0 Å².